The Morgan fingerprint density at radius 1 is 1.63 bits per heavy atom. The highest BCUT2D eigenvalue weighted by Gasteiger charge is 2.27. The van der Waals surface area contributed by atoms with Crippen LogP contribution in [0.1, 0.15) is 17.4 Å². The number of aliphatic hydroxyl groups excluding tert-OH is 1. The fourth-order valence-corrected chi connectivity index (χ4v) is 1.94. The molecular weight excluding hydrogens is 250 g/mol. The highest BCUT2D eigenvalue weighted by atomic mass is 16.5. The van der Waals surface area contributed by atoms with Crippen molar-refractivity contribution in [3.63, 3.8) is 0 Å². The zero-order valence-electron chi connectivity index (χ0n) is 10.9. The van der Waals surface area contributed by atoms with Crippen molar-refractivity contribution in [1.29, 1.82) is 0 Å². The van der Waals surface area contributed by atoms with E-state index in [0.717, 1.165) is 0 Å². The Morgan fingerprint density at radius 2 is 2.42 bits per heavy atom. The number of rotatable bonds is 3. The molecule has 1 aromatic heterocycles. The molecule has 7 nitrogen and oxygen atoms in total. The second kappa shape index (κ2) is 5.94. The molecular formula is C12H17N3O4. The van der Waals surface area contributed by atoms with Crippen LogP contribution in [0.4, 0.5) is 5.82 Å². The average molecular weight is 267 g/mol. The fraction of sp³-hybridized carbons (Fsp3) is 0.583. The molecule has 1 fully saturated rings. The van der Waals surface area contributed by atoms with Crippen LogP contribution in [0, 0.1) is 0 Å². The molecule has 1 aromatic rings. The van der Waals surface area contributed by atoms with Crippen molar-refractivity contribution in [2.75, 3.05) is 31.8 Å². The summed E-state index contributed by atoms with van der Waals surface area (Å²) >= 11 is 0. The Balaban J connectivity index is 2.22. The van der Waals surface area contributed by atoms with E-state index in [4.69, 9.17) is 9.84 Å². The van der Waals surface area contributed by atoms with Gasteiger partial charge in [-0.05, 0) is 6.92 Å². The first-order valence-electron chi connectivity index (χ1n) is 6.05. The molecule has 0 spiro atoms. The molecule has 1 saturated heterocycles. The molecule has 1 aliphatic rings. The highest BCUT2D eigenvalue weighted by molar-refractivity contribution is 5.87. The molecule has 0 radical (unpaired) electrons. The number of hydrogen-bond donors (Lipinski definition) is 1. The Labute approximate surface area is 111 Å². The van der Waals surface area contributed by atoms with Crippen LogP contribution in [0.5, 0.6) is 0 Å². The lowest BCUT2D eigenvalue weighted by atomic mass is 10.2. The average Bonchev–Trinajstić information content (AvgIpc) is 2.47. The zero-order chi connectivity index (χ0) is 13.8. The van der Waals surface area contributed by atoms with Crippen molar-refractivity contribution in [2.24, 2.45) is 0 Å². The summed E-state index contributed by atoms with van der Waals surface area (Å²) in [6, 6.07) is 0.102. The lowest BCUT2D eigenvalue weighted by molar-refractivity contribution is -0.0106. The Bertz CT molecular complexity index is 454. The zero-order valence-corrected chi connectivity index (χ0v) is 10.9. The Morgan fingerprint density at radius 3 is 3.11 bits per heavy atom. The van der Waals surface area contributed by atoms with Gasteiger partial charge in [-0.3, -0.25) is 4.98 Å². The van der Waals surface area contributed by atoms with Crippen molar-refractivity contribution in [3.8, 4) is 0 Å². The molecule has 0 bridgehead atoms. The van der Waals surface area contributed by atoms with Crippen LogP contribution in [-0.2, 0) is 9.47 Å². The Kier molecular flexibility index (Phi) is 4.28. The molecule has 1 N–H and O–H groups in total. The predicted molar refractivity (Wildman–Crippen MR) is 67.0 cm³/mol. The number of carbonyl (C=O) groups is 1. The summed E-state index contributed by atoms with van der Waals surface area (Å²) in [7, 11) is 1.30. The van der Waals surface area contributed by atoms with Crippen molar-refractivity contribution < 1.29 is 19.4 Å². The molecule has 0 aliphatic carbocycles. The van der Waals surface area contributed by atoms with Crippen LogP contribution in [-0.4, -0.2) is 60.1 Å². The minimum absolute atomic E-state index is 0.0483. The number of anilines is 1. The maximum atomic E-state index is 11.4. The first-order chi connectivity index (χ1) is 9.15. The van der Waals surface area contributed by atoms with Gasteiger partial charge in [-0.1, -0.05) is 0 Å². The minimum atomic E-state index is -0.519. The van der Waals surface area contributed by atoms with Gasteiger partial charge in [-0.25, -0.2) is 9.78 Å². The van der Waals surface area contributed by atoms with Crippen molar-refractivity contribution in [2.45, 2.75) is 19.1 Å². The van der Waals surface area contributed by atoms with E-state index in [1.165, 1.54) is 13.3 Å². The molecule has 1 aliphatic heterocycles. The fourth-order valence-electron chi connectivity index (χ4n) is 1.94. The number of aliphatic hydroxyl groups is 1. The number of hydrogen-bond acceptors (Lipinski definition) is 7. The largest absolute Gasteiger partial charge is 0.464 e. The van der Waals surface area contributed by atoms with Crippen molar-refractivity contribution in [1.82, 2.24) is 9.97 Å². The predicted octanol–water partition coefficient (Wildman–Crippen LogP) is -0.151. The van der Waals surface area contributed by atoms with Crippen LogP contribution in [0.25, 0.3) is 0 Å². The second-order valence-electron chi connectivity index (χ2n) is 4.39. The number of aromatic nitrogens is 2. The van der Waals surface area contributed by atoms with E-state index in [-0.39, 0.29) is 24.4 Å². The van der Waals surface area contributed by atoms with Gasteiger partial charge >= 0.3 is 5.97 Å². The van der Waals surface area contributed by atoms with Gasteiger partial charge in [-0.2, -0.15) is 0 Å². The SMILES string of the molecule is COC(=O)c1cncc(N2CC(CO)OCC2C)n1. The number of ether oxygens (including phenoxy) is 2. The van der Waals surface area contributed by atoms with Gasteiger partial charge in [0.1, 0.15) is 5.82 Å². The summed E-state index contributed by atoms with van der Waals surface area (Å²) in [5.74, 6) is 0.0612. The van der Waals surface area contributed by atoms with Gasteiger partial charge in [0.05, 0.1) is 44.9 Å². The van der Waals surface area contributed by atoms with E-state index >= 15 is 0 Å². The lowest BCUT2D eigenvalue weighted by Crippen LogP contribution is -2.50. The monoisotopic (exact) mass is 267 g/mol. The second-order valence-corrected chi connectivity index (χ2v) is 4.39. The lowest BCUT2D eigenvalue weighted by Gasteiger charge is -2.38. The van der Waals surface area contributed by atoms with Crippen LogP contribution in [0.15, 0.2) is 12.4 Å². The number of morpholine rings is 1. The topological polar surface area (TPSA) is 84.8 Å². The third-order valence-corrected chi connectivity index (χ3v) is 3.02. The minimum Gasteiger partial charge on any atom is -0.464 e. The number of nitrogens with zero attached hydrogens (tertiary/aromatic N) is 3. The maximum absolute atomic E-state index is 11.4. The third-order valence-electron chi connectivity index (χ3n) is 3.02. The van der Waals surface area contributed by atoms with E-state index in [2.05, 4.69) is 14.7 Å². The summed E-state index contributed by atoms with van der Waals surface area (Å²) in [4.78, 5) is 21.6. The first kappa shape index (κ1) is 13.7. The molecule has 7 heteroatoms. The molecule has 2 rings (SSSR count). The summed E-state index contributed by atoms with van der Waals surface area (Å²) in [6.07, 6.45) is 2.70. The van der Waals surface area contributed by atoms with E-state index < -0.39 is 5.97 Å². The summed E-state index contributed by atoms with van der Waals surface area (Å²) in [6.45, 7) is 2.94. The number of methoxy groups -OCH3 is 1. The van der Waals surface area contributed by atoms with Gasteiger partial charge in [0.2, 0.25) is 0 Å². The molecule has 0 amide bonds. The molecule has 2 heterocycles. The van der Waals surface area contributed by atoms with E-state index in [1.54, 1.807) is 6.20 Å². The molecule has 2 unspecified atom stereocenters. The molecule has 2 atom stereocenters. The normalized spacial score (nSPS) is 23.2. The number of esters is 1. The van der Waals surface area contributed by atoms with Crippen molar-refractivity contribution in [3.05, 3.63) is 18.1 Å². The van der Waals surface area contributed by atoms with E-state index in [1.807, 2.05) is 11.8 Å². The van der Waals surface area contributed by atoms with Gasteiger partial charge in [0.15, 0.2) is 5.69 Å². The van der Waals surface area contributed by atoms with Crippen LogP contribution < -0.4 is 4.90 Å². The molecule has 19 heavy (non-hydrogen) atoms. The van der Waals surface area contributed by atoms with Gasteiger partial charge < -0.3 is 19.5 Å². The van der Waals surface area contributed by atoms with Gasteiger partial charge in [0.25, 0.3) is 0 Å². The first-order valence-corrected chi connectivity index (χ1v) is 6.05. The quantitative estimate of drug-likeness (QED) is 0.762. The molecule has 0 aromatic carbocycles. The standard InChI is InChI=1S/C12H17N3O4/c1-8-7-19-9(6-16)5-15(8)11-4-13-3-10(14-11)12(17)18-2/h3-4,8-9,16H,5-7H2,1-2H3. The maximum Gasteiger partial charge on any atom is 0.358 e. The summed E-state index contributed by atoms with van der Waals surface area (Å²) in [5, 5.41) is 9.16. The van der Waals surface area contributed by atoms with Crippen LogP contribution in [0.3, 0.4) is 0 Å². The smallest absolute Gasteiger partial charge is 0.358 e. The summed E-state index contributed by atoms with van der Waals surface area (Å²) in [5.41, 5.74) is 0.166. The van der Waals surface area contributed by atoms with Gasteiger partial charge in [0, 0.05) is 6.54 Å². The third kappa shape index (κ3) is 2.99. The highest BCUT2D eigenvalue weighted by Crippen LogP contribution is 2.19. The molecule has 104 valence electrons. The van der Waals surface area contributed by atoms with Gasteiger partial charge in [-0.15, -0.1) is 0 Å². The van der Waals surface area contributed by atoms with Crippen LogP contribution >= 0.6 is 0 Å². The summed E-state index contributed by atoms with van der Waals surface area (Å²) < 4.78 is 10.1. The van der Waals surface area contributed by atoms with Crippen molar-refractivity contribution >= 4 is 11.8 Å². The Hall–Kier alpha value is -1.73. The van der Waals surface area contributed by atoms with E-state index in [0.29, 0.717) is 19.0 Å². The molecule has 0 saturated carbocycles. The van der Waals surface area contributed by atoms with E-state index in [9.17, 15) is 4.79 Å². The van der Waals surface area contributed by atoms with Crippen LogP contribution in [0.2, 0.25) is 0 Å². The number of carbonyl (C=O) groups excluding carboxylic acids is 1.